The Hall–Kier alpha value is -1.65. The van der Waals surface area contributed by atoms with Gasteiger partial charge in [-0.1, -0.05) is 25.7 Å². The summed E-state index contributed by atoms with van der Waals surface area (Å²) in [5.74, 6) is 0.649. The third kappa shape index (κ3) is 3.43. The van der Waals surface area contributed by atoms with Gasteiger partial charge >= 0.3 is 0 Å². The molecule has 1 aliphatic rings. The van der Waals surface area contributed by atoms with Crippen molar-refractivity contribution >= 4 is 11.7 Å². The number of nitrogens with zero attached hydrogens (tertiary/aromatic N) is 3. The second-order valence-electron chi connectivity index (χ2n) is 5.10. The van der Waals surface area contributed by atoms with Gasteiger partial charge in [0.05, 0.1) is 12.4 Å². The van der Waals surface area contributed by atoms with E-state index in [2.05, 4.69) is 15.3 Å². The monoisotopic (exact) mass is 262 g/mol. The molecular formula is C14H22N4O. The Balaban J connectivity index is 2.04. The summed E-state index contributed by atoms with van der Waals surface area (Å²) in [5.41, 5.74) is 0.422. The zero-order valence-electron chi connectivity index (χ0n) is 11.7. The lowest BCUT2D eigenvalue weighted by Gasteiger charge is -2.26. The number of carbonyl (C=O) groups excluding carboxylic acids is 1. The molecule has 1 fully saturated rings. The lowest BCUT2D eigenvalue weighted by molar-refractivity contribution is 0.0711. The lowest BCUT2D eigenvalue weighted by Crippen LogP contribution is -2.37. The molecule has 0 spiro atoms. The van der Waals surface area contributed by atoms with Crippen LogP contribution in [0.5, 0.6) is 0 Å². The highest BCUT2D eigenvalue weighted by molar-refractivity contribution is 5.92. The maximum atomic E-state index is 12.4. The molecule has 1 saturated carbocycles. The summed E-state index contributed by atoms with van der Waals surface area (Å²) >= 11 is 0. The Morgan fingerprint density at radius 3 is 2.42 bits per heavy atom. The molecule has 1 amide bonds. The minimum absolute atomic E-state index is 0.0259. The summed E-state index contributed by atoms with van der Waals surface area (Å²) in [6.07, 6.45) is 10.3. The van der Waals surface area contributed by atoms with Crippen molar-refractivity contribution in [3.05, 3.63) is 18.1 Å². The van der Waals surface area contributed by atoms with Crippen molar-refractivity contribution in [1.82, 2.24) is 14.9 Å². The molecule has 2 rings (SSSR count). The van der Waals surface area contributed by atoms with Crippen molar-refractivity contribution in [1.29, 1.82) is 0 Å². The van der Waals surface area contributed by atoms with Gasteiger partial charge in [0.1, 0.15) is 11.5 Å². The van der Waals surface area contributed by atoms with E-state index in [1.807, 2.05) is 11.9 Å². The topological polar surface area (TPSA) is 58.1 Å². The van der Waals surface area contributed by atoms with Crippen LogP contribution < -0.4 is 5.32 Å². The van der Waals surface area contributed by atoms with Crippen LogP contribution in [0.3, 0.4) is 0 Å². The number of hydrogen-bond acceptors (Lipinski definition) is 4. The zero-order chi connectivity index (χ0) is 13.7. The highest BCUT2D eigenvalue weighted by Gasteiger charge is 2.23. The first-order chi connectivity index (χ1) is 9.22. The molecule has 104 valence electrons. The van der Waals surface area contributed by atoms with Crippen LogP contribution in [0.25, 0.3) is 0 Å². The van der Waals surface area contributed by atoms with Gasteiger partial charge in [-0.25, -0.2) is 9.97 Å². The Kier molecular flexibility index (Phi) is 4.71. The van der Waals surface area contributed by atoms with Crippen molar-refractivity contribution in [2.24, 2.45) is 0 Å². The minimum atomic E-state index is -0.0259. The average molecular weight is 262 g/mol. The van der Waals surface area contributed by atoms with Crippen LogP contribution in [-0.2, 0) is 0 Å². The van der Waals surface area contributed by atoms with E-state index in [-0.39, 0.29) is 5.91 Å². The van der Waals surface area contributed by atoms with E-state index in [1.54, 1.807) is 19.4 Å². The predicted molar refractivity (Wildman–Crippen MR) is 75.2 cm³/mol. The summed E-state index contributed by atoms with van der Waals surface area (Å²) in [6, 6.07) is 0.348. The van der Waals surface area contributed by atoms with Crippen molar-refractivity contribution in [3.63, 3.8) is 0 Å². The molecule has 0 unspecified atom stereocenters. The summed E-state index contributed by atoms with van der Waals surface area (Å²) in [5, 5.41) is 2.90. The Morgan fingerprint density at radius 1 is 1.21 bits per heavy atom. The molecule has 0 saturated heterocycles. The number of nitrogens with one attached hydrogen (secondary N) is 1. The van der Waals surface area contributed by atoms with Gasteiger partial charge in [0, 0.05) is 20.1 Å². The van der Waals surface area contributed by atoms with Crippen molar-refractivity contribution in [2.75, 3.05) is 19.4 Å². The fraction of sp³-hybridized carbons (Fsp3) is 0.643. The van der Waals surface area contributed by atoms with Gasteiger partial charge in [-0.05, 0) is 12.8 Å². The van der Waals surface area contributed by atoms with Crippen molar-refractivity contribution in [3.8, 4) is 0 Å². The molecule has 0 aliphatic heterocycles. The summed E-state index contributed by atoms with van der Waals surface area (Å²) < 4.78 is 0. The van der Waals surface area contributed by atoms with Gasteiger partial charge in [-0.15, -0.1) is 0 Å². The molecule has 5 nitrogen and oxygen atoms in total. The van der Waals surface area contributed by atoms with E-state index >= 15 is 0 Å². The minimum Gasteiger partial charge on any atom is -0.372 e. The van der Waals surface area contributed by atoms with Gasteiger partial charge in [0.2, 0.25) is 0 Å². The van der Waals surface area contributed by atoms with Gasteiger partial charge in [0.15, 0.2) is 0 Å². The van der Waals surface area contributed by atoms with E-state index in [0.717, 1.165) is 12.8 Å². The SMILES string of the molecule is CNc1cnc(C(=O)N(C)C2CCCCCC2)cn1. The first-order valence-corrected chi connectivity index (χ1v) is 6.99. The number of aromatic nitrogens is 2. The van der Waals surface area contributed by atoms with E-state index in [9.17, 15) is 4.79 Å². The fourth-order valence-corrected chi connectivity index (χ4v) is 2.56. The van der Waals surface area contributed by atoms with Crippen molar-refractivity contribution < 1.29 is 4.79 Å². The number of rotatable bonds is 3. The maximum absolute atomic E-state index is 12.4. The van der Waals surface area contributed by atoms with Crippen LogP contribution >= 0.6 is 0 Å². The van der Waals surface area contributed by atoms with Gasteiger partial charge in [-0.3, -0.25) is 4.79 Å². The number of anilines is 1. The third-order valence-electron chi connectivity index (χ3n) is 3.82. The van der Waals surface area contributed by atoms with Gasteiger partial charge in [0.25, 0.3) is 5.91 Å². The summed E-state index contributed by atoms with van der Waals surface area (Å²) in [7, 11) is 3.66. The average Bonchev–Trinajstić information content (AvgIpc) is 2.75. The first-order valence-electron chi connectivity index (χ1n) is 6.99. The molecular weight excluding hydrogens is 240 g/mol. The molecule has 19 heavy (non-hydrogen) atoms. The molecule has 5 heteroatoms. The second-order valence-corrected chi connectivity index (χ2v) is 5.10. The van der Waals surface area contributed by atoms with Crippen LogP contribution in [0.2, 0.25) is 0 Å². The van der Waals surface area contributed by atoms with E-state index < -0.39 is 0 Å². The van der Waals surface area contributed by atoms with Crippen LogP contribution in [-0.4, -0.2) is 40.9 Å². The number of amides is 1. The molecule has 1 aliphatic carbocycles. The molecule has 0 atom stereocenters. The van der Waals surface area contributed by atoms with Crippen LogP contribution in [0.15, 0.2) is 12.4 Å². The smallest absolute Gasteiger partial charge is 0.274 e. The Bertz CT molecular complexity index is 410. The van der Waals surface area contributed by atoms with E-state index in [1.165, 1.54) is 25.7 Å². The van der Waals surface area contributed by atoms with E-state index in [0.29, 0.717) is 17.6 Å². The largest absolute Gasteiger partial charge is 0.372 e. The molecule has 0 aromatic carbocycles. The quantitative estimate of drug-likeness (QED) is 0.849. The standard InChI is InChI=1S/C14H22N4O/c1-15-13-10-16-12(9-17-13)14(19)18(2)11-7-5-3-4-6-8-11/h9-11H,3-8H2,1-2H3,(H,15,17). The van der Waals surface area contributed by atoms with Gasteiger partial charge in [-0.2, -0.15) is 0 Å². The molecule has 1 heterocycles. The number of hydrogen-bond donors (Lipinski definition) is 1. The zero-order valence-corrected chi connectivity index (χ0v) is 11.7. The van der Waals surface area contributed by atoms with Crippen LogP contribution in [0.4, 0.5) is 5.82 Å². The lowest BCUT2D eigenvalue weighted by atomic mass is 10.1. The molecule has 1 aromatic rings. The first kappa shape index (κ1) is 13.8. The summed E-state index contributed by atoms with van der Waals surface area (Å²) in [6.45, 7) is 0. The maximum Gasteiger partial charge on any atom is 0.274 e. The molecule has 1 N–H and O–H groups in total. The fourth-order valence-electron chi connectivity index (χ4n) is 2.56. The Labute approximate surface area is 114 Å². The molecule has 0 radical (unpaired) electrons. The molecule has 0 bridgehead atoms. The number of carbonyl (C=O) groups is 1. The summed E-state index contributed by atoms with van der Waals surface area (Å²) in [4.78, 5) is 22.5. The predicted octanol–water partition coefficient (Wildman–Crippen LogP) is 2.31. The van der Waals surface area contributed by atoms with E-state index in [4.69, 9.17) is 0 Å². The highest BCUT2D eigenvalue weighted by Crippen LogP contribution is 2.22. The van der Waals surface area contributed by atoms with Crippen LogP contribution in [0.1, 0.15) is 49.0 Å². The van der Waals surface area contributed by atoms with Gasteiger partial charge < -0.3 is 10.2 Å². The second kappa shape index (κ2) is 6.50. The van der Waals surface area contributed by atoms with Crippen LogP contribution in [0, 0.1) is 0 Å². The molecule has 1 aromatic heterocycles. The van der Waals surface area contributed by atoms with Crippen molar-refractivity contribution in [2.45, 2.75) is 44.6 Å². The Morgan fingerprint density at radius 2 is 1.89 bits per heavy atom. The third-order valence-corrected chi connectivity index (χ3v) is 3.82. The normalized spacial score (nSPS) is 16.7. The highest BCUT2D eigenvalue weighted by atomic mass is 16.2.